The van der Waals surface area contributed by atoms with Gasteiger partial charge in [0.05, 0.1) is 5.92 Å². The van der Waals surface area contributed by atoms with Gasteiger partial charge in [0.2, 0.25) is 5.91 Å². The maximum Gasteiger partial charge on any atom is 0.228 e. The van der Waals surface area contributed by atoms with Crippen LogP contribution in [0.2, 0.25) is 5.02 Å². The van der Waals surface area contributed by atoms with Gasteiger partial charge in [0.25, 0.3) is 0 Å². The fourth-order valence-corrected chi connectivity index (χ4v) is 2.53. The Labute approximate surface area is 113 Å². The fraction of sp³-hybridized carbons (Fsp3) is 0.500. The zero-order valence-corrected chi connectivity index (χ0v) is 11.6. The second kappa shape index (κ2) is 5.72. The van der Waals surface area contributed by atoms with E-state index in [1.165, 1.54) is 0 Å². The molecule has 1 aliphatic rings. The van der Waals surface area contributed by atoms with Gasteiger partial charge in [-0.2, -0.15) is 0 Å². The van der Waals surface area contributed by atoms with Crippen molar-refractivity contribution in [3.05, 3.63) is 28.8 Å². The van der Waals surface area contributed by atoms with Crippen LogP contribution in [-0.4, -0.2) is 30.9 Å². The van der Waals surface area contributed by atoms with Crippen LogP contribution in [0.4, 0.5) is 5.69 Å². The molecule has 0 radical (unpaired) electrons. The van der Waals surface area contributed by atoms with Gasteiger partial charge in [-0.15, -0.1) is 0 Å². The summed E-state index contributed by atoms with van der Waals surface area (Å²) in [6, 6.07) is 5.59. The molecule has 1 saturated heterocycles. The summed E-state index contributed by atoms with van der Waals surface area (Å²) >= 11 is 6.05. The number of hydrogen-bond acceptors (Lipinski definition) is 2. The smallest absolute Gasteiger partial charge is 0.228 e. The van der Waals surface area contributed by atoms with Crippen molar-refractivity contribution in [2.24, 2.45) is 5.92 Å². The van der Waals surface area contributed by atoms with Gasteiger partial charge in [-0.25, -0.2) is 0 Å². The number of anilines is 1. The highest BCUT2D eigenvalue weighted by atomic mass is 35.5. The molecule has 18 heavy (non-hydrogen) atoms. The SMILES string of the molecule is Cc1c(Cl)cccc1NC(=O)C1CCCN(C)C1. The van der Waals surface area contributed by atoms with E-state index < -0.39 is 0 Å². The minimum Gasteiger partial charge on any atom is -0.326 e. The van der Waals surface area contributed by atoms with Crippen molar-refractivity contribution in [1.29, 1.82) is 0 Å². The summed E-state index contributed by atoms with van der Waals surface area (Å²) in [6.07, 6.45) is 2.05. The molecule has 98 valence electrons. The van der Waals surface area contributed by atoms with Crippen LogP contribution in [-0.2, 0) is 4.79 Å². The number of benzene rings is 1. The first-order valence-corrected chi connectivity index (χ1v) is 6.70. The Morgan fingerprint density at radius 1 is 1.50 bits per heavy atom. The molecule has 1 atom stereocenters. The summed E-state index contributed by atoms with van der Waals surface area (Å²) in [4.78, 5) is 14.4. The third-order valence-electron chi connectivity index (χ3n) is 3.52. The summed E-state index contributed by atoms with van der Waals surface area (Å²) in [6.45, 7) is 3.84. The second-order valence-electron chi connectivity index (χ2n) is 5.00. The van der Waals surface area contributed by atoms with Crippen molar-refractivity contribution in [2.45, 2.75) is 19.8 Å². The highest BCUT2D eigenvalue weighted by Crippen LogP contribution is 2.24. The van der Waals surface area contributed by atoms with Gasteiger partial charge < -0.3 is 10.2 Å². The van der Waals surface area contributed by atoms with E-state index in [2.05, 4.69) is 17.3 Å². The molecule has 1 amide bonds. The van der Waals surface area contributed by atoms with Crippen LogP contribution in [0, 0.1) is 12.8 Å². The van der Waals surface area contributed by atoms with E-state index in [1.807, 2.05) is 25.1 Å². The number of halogens is 1. The van der Waals surface area contributed by atoms with E-state index in [1.54, 1.807) is 0 Å². The number of hydrogen-bond donors (Lipinski definition) is 1. The number of piperidine rings is 1. The lowest BCUT2D eigenvalue weighted by Gasteiger charge is -2.28. The lowest BCUT2D eigenvalue weighted by molar-refractivity contribution is -0.121. The Kier molecular flexibility index (Phi) is 4.25. The highest BCUT2D eigenvalue weighted by Gasteiger charge is 2.24. The molecule has 0 aliphatic carbocycles. The van der Waals surface area contributed by atoms with Crippen molar-refractivity contribution < 1.29 is 4.79 Å². The van der Waals surface area contributed by atoms with Crippen LogP contribution < -0.4 is 5.32 Å². The van der Waals surface area contributed by atoms with Crippen LogP contribution in [0.25, 0.3) is 0 Å². The first-order chi connectivity index (χ1) is 8.58. The van der Waals surface area contributed by atoms with Gasteiger partial charge in [-0.05, 0) is 51.1 Å². The Hall–Kier alpha value is -1.06. The van der Waals surface area contributed by atoms with Crippen LogP contribution in [0.3, 0.4) is 0 Å². The lowest BCUT2D eigenvalue weighted by atomic mass is 9.97. The Balaban J connectivity index is 2.04. The van der Waals surface area contributed by atoms with Gasteiger partial charge in [0.1, 0.15) is 0 Å². The third-order valence-corrected chi connectivity index (χ3v) is 3.93. The monoisotopic (exact) mass is 266 g/mol. The minimum atomic E-state index is 0.0853. The highest BCUT2D eigenvalue weighted by molar-refractivity contribution is 6.31. The average molecular weight is 267 g/mol. The van der Waals surface area contributed by atoms with Gasteiger partial charge in [-0.1, -0.05) is 17.7 Å². The molecule has 1 N–H and O–H groups in total. The summed E-state index contributed by atoms with van der Waals surface area (Å²) in [5.74, 6) is 0.189. The van der Waals surface area contributed by atoms with E-state index >= 15 is 0 Å². The van der Waals surface area contributed by atoms with E-state index in [9.17, 15) is 4.79 Å². The van der Waals surface area contributed by atoms with Crippen molar-refractivity contribution in [3.63, 3.8) is 0 Å². The summed E-state index contributed by atoms with van der Waals surface area (Å²) in [5, 5.41) is 3.68. The Morgan fingerprint density at radius 3 is 3.00 bits per heavy atom. The van der Waals surface area contributed by atoms with Gasteiger partial charge in [0.15, 0.2) is 0 Å². The lowest BCUT2D eigenvalue weighted by Crippen LogP contribution is -2.38. The fourth-order valence-electron chi connectivity index (χ4n) is 2.36. The molecule has 0 saturated carbocycles. The van der Waals surface area contributed by atoms with E-state index in [4.69, 9.17) is 11.6 Å². The zero-order valence-electron chi connectivity index (χ0n) is 10.9. The van der Waals surface area contributed by atoms with E-state index in [0.29, 0.717) is 5.02 Å². The quantitative estimate of drug-likeness (QED) is 0.893. The molecule has 2 rings (SSSR count). The van der Waals surface area contributed by atoms with Gasteiger partial charge in [0, 0.05) is 17.3 Å². The first-order valence-electron chi connectivity index (χ1n) is 6.32. The number of carbonyl (C=O) groups is 1. The largest absolute Gasteiger partial charge is 0.326 e. The van der Waals surface area contributed by atoms with Crippen molar-refractivity contribution >= 4 is 23.2 Å². The van der Waals surface area contributed by atoms with Crippen molar-refractivity contribution in [1.82, 2.24) is 4.90 Å². The van der Waals surface area contributed by atoms with E-state index in [-0.39, 0.29) is 11.8 Å². The summed E-state index contributed by atoms with van der Waals surface area (Å²) in [7, 11) is 2.06. The van der Waals surface area contributed by atoms with E-state index in [0.717, 1.165) is 37.2 Å². The number of nitrogens with one attached hydrogen (secondary N) is 1. The zero-order chi connectivity index (χ0) is 13.1. The molecule has 1 heterocycles. The number of rotatable bonds is 2. The topological polar surface area (TPSA) is 32.3 Å². The molecule has 0 spiro atoms. The maximum absolute atomic E-state index is 12.2. The normalized spacial score (nSPS) is 20.7. The van der Waals surface area contributed by atoms with Crippen LogP contribution in [0.1, 0.15) is 18.4 Å². The predicted octanol–water partition coefficient (Wildman–Crippen LogP) is 2.93. The number of amides is 1. The number of nitrogens with zero attached hydrogens (tertiary/aromatic N) is 1. The molecule has 1 aliphatic heterocycles. The summed E-state index contributed by atoms with van der Waals surface area (Å²) in [5.41, 5.74) is 1.75. The maximum atomic E-state index is 12.2. The molecule has 0 aromatic heterocycles. The molecule has 1 aromatic rings. The molecule has 0 bridgehead atoms. The average Bonchev–Trinajstić information content (AvgIpc) is 2.35. The molecule has 1 unspecified atom stereocenters. The van der Waals surface area contributed by atoms with Gasteiger partial charge >= 0.3 is 0 Å². The number of likely N-dealkylation sites (tertiary alicyclic amines) is 1. The van der Waals surface area contributed by atoms with Crippen LogP contribution in [0.5, 0.6) is 0 Å². The summed E-state index contributed by atoms with van der Waals surface area (Å²) < 4.78 is 0. The molecule has 3 nitrogen and oxygen atoms in total. The standard InChI is InChI=1S/C14H19ClN2O/c1-10-12(15)6-3-7-13(10)16-14(18)11-5-4-8-17(2)9-11/h3,6-7,11H,4-5,8-9H2,1-2H3,(H,16,18). The second-order valence-corrected chi connectivity index (χ2v) is 5.41. The molecule has 1 aromatic carbocycles. The van der Waals surface area contributed by atoms with Crippen molar-refractivity contribution in [3.8, 4) is 0 Å². The van der Waals surface area contributed by atoms with Crippen molar-refractivity contribution in [2.75, 3.05) is 25.5 Å². The van der Waals surface area contributed by atoms with Crippen LogP contribution in [0.15, 0.2) is 18.2 Å². The van der Waals surface area contributed by atoms with Crippen LogP contribution >= 0.6 is 11.6 Å². The molecular formula is C14H19ClN2O. The Bertz CT molecular complexity index is 447. The number of carbonyl (C=O) groups excluding carboxylic acids is 1. The third kappa shape index (κ3) is 3.03. The first kappa shape index (κ1) is 13.4. The minimum absolute atomic E-state index is 0.0853. The Morgan fingerprint density at radius 2 is 2.28 bits per heavy atom. The predicted molar refractivity (Wildman–Crippen MR) is 75.0 cm³/mol. The molecule has 4 heteroatoms. The van der Waals surface area contributed by atoms with Gasteiger partial charge in [-0.3, -0.25) is 4.79 Å². The molecular weight excluding hydrogens is 248 g/mol. The molecule has 1 fully saturated rings.